The predicted octanol–water partition coefficient (Wildman–Crippen LogP) is 4.35. The van der Waals surface area contributed by atoms with E-state index < -0.39 is 23.8 Å². The van der Waals surface area contributed by atoms with E-state index in [0.717, 1.165) is 116 Å². The maximum absolute atomic E-state index is 13.6. The van der Waals surface area contributed by atoms with E-state index in [2.05, 4.69) is 30.1 Å². The molecule has 4 fully saturated rings. The Labute approximate surface area is 341 Å². The summed E-state index contributed by atoms with van der Waals surface area (Å²) < 4.78 is 7.91. The number of fused-ring (bicyclic) bond motifs is 2. The highest BCUT2D eigenvalue weighted by Crippen LogP contribution is 2.40. The third-order valence-corrected chi connectivity index (χ3v) is 12.8. The second-order valence-corrected chi connectivity index (χ2v) is 16.4. The number of hydrogen-bond donors (Lipinski definition) is 2. The number of piperidine rings is 1. The molecule has 1 saturated carbocycles. The lowest BCUT2D eigenvalue weighted by Gasteiger charge is -2.46. The molecule has 0 bridgehead atoms. The second-order valence-electron chi connectivity index (χ2n) is 16.4. The standard InChI is InChI=1S/C44H46N10O5/c45-40-39-38(28-11-15-32(16-12-28)59-31-5-2-1-3-6-31)49-41(54(39)47-26-46-40)29-9-13-30(14-10-29)51-21-19-50(20-22-51)23-27-24-52(25-27)34-8-4-7-33-37(34)44(58)53(43(33)57)35-17-18-36(55)48-42(35)56/h1-8,11-12,15-16,26-27,29-30,35H,9-10,13-14,17-25H2,(H2,45,46,47)(H,48,55,56). The number of nitrogen functional groups attached to an aromatic ring is 1. The number of rotatable bonds is 9. The number of piperazine rings is 1. The van der Waals surface area contributed by atoms with Crippen LogP contribution in [0.5, 0.6) is 11.5 Å². The molecule has 1 unspecified atom stereocenters. The molecule has 302 valence electrons. The lowest BCUT2D eigenvalue weighted by molar-refractivity contribution is -0.136. The summed E-state index contributed by atoms with van der Waals surface area (Å²) in [5.74, 6) is 1.69. The van der Waals surface area contributed by atoms with Gasteiger partial charge in [-0.15, -0.1) is 0 Å². The average Bonchev–Trinajstić information content (AvgIpc) is 3.76. The Morgan fingerprint density at radius 2 is 1.54 bits per heavy atom. The number of nitrogens with two attached hydrogens (primary N) is 1. The maximum Gasteiger partial charge on any atom is 0.264 e. The van der Waals surface area contributed by atoms with Crippen molar-refractivity contribution in [2.75, 3.05) is 56.4 Å². The van der Waals surface area contributed by atoms with Gasteiger partial charge in [-0.05, 0) is 80.6 Å². The van der Waals surface area contributed by atoms with Gasteiger partial charge < -0.3 is 20.3 Å². The van der Waals surface area contributed by atoms with E-state index in [1.165, 1.54) is 6.33 Å². The van der Waals surface area contributed by atoms with Gasteiger partial charge in [0.05, 0.1) is 16.8 Å². The predicted molar refractivity (Wildman–Crippen MR) is 219 cm³/mol. The summed E-state index contributed by atoms with van der Waals surface area (Å²) in [6, 6.07) is 22.5. The van der Waals surface area contributed by atoms with Crippen LogP contribution in [0.15, 0.2) is 79.1 Å². The minimum atomic E-state index is -0.970. The van der Waals surface area contributed by atoms with Crippen LogP contribution in [0.4, 0.5) is 11.5 Å². The van der Waals surface area contributed by atoms with Crippen LogP contribution in [-0.2, 0) is 9.59 Å². The molecule has 5 aromatic rings. The van der Waals surface area contributed by atoms with E-state index in [9.17, 15) is 19.2 Å². The van der Waals surface area contributed by atoms with E-state index in [4.69, 9.17) is 15.5 Å². The number of carbonyl (C=O) groups is 4. The topological polar surface area (TPSA) is 172 Å². The fourth-order valence-corrected chi connectivity index (χ4v) is 9.77. The molecule has 3 saturated heterocycles. The Balaban J connectivity index is 0.724. The van der Waals surface area contributed by atoms with Crippen molar-refractivity contribution >= 4 is 40.7 Å². The largest absolute Gasteiger partial charge is 0.457 e. The fraction of sp³-hybridized carbons (Fsp3) is 0.386. The molecular weight excluding hydrogens is 749 g/mol. The quantitative estimate of drug-likeness (QED) is 0.203. The molecule has 5 aliphatic rings. The number of imidazole rings is 1. The number of nitrogens with zero attached hydrogens (tertiary/aromatic N) is 8. The van der Waals surface area contributed by atoms with Crippen LogP contribution in [-0.4, -0.2) is 116 Å². The van der Waals surface area contributed by atoms with Crippen LogP contribution in [0.3, 0.4) is 0 Å². The van der Waals surface area contributed by atoms with Crippen LogP contribution in [0.25, 0.3) is 16.8 Å². The number of carbonyl (C=O) groups excluding carboxylic acids is 4. The summed E-state index contributed by atoms with van der Waals surface area (Å²) >= 11 is 0. The highest BCUT2D eigenvalue weighted by Gasteiger charge is 2.47. The molecule has 3 aromatic carbocycles. The van der Waals surface area contributed by atoms with E-state index in [-0.39, 0.29) is 24.7 Å². The van der Waals surface area contributed by atoms with Crippen LogP contribution >= 0.6 is 0 Å². The molecule has 15 nitrogen and oxygen atoms in total. The van der Waals surface area contributed by atoms with Gasteiger partial charge in [0.25, 0.3) is 11.8 Å². The summed E-state index contributed by atoms with van der Waals surface area (Å²) in [5, 5.41) is 6.89. The summed E-state index contributed by atoms with van der Waals surface area (Å²) in [6.45, 7) is 6.70. The molecule has 4 amide bonds. The van der Waals surface area contributed by atoms with Crippen LogP contribution in [0.2, 0.25) is 0 Å². The van der Waals surface area contributed by atoms with Gasteiger partial charge in [0.1, 0.15) is 40.9 Å². The van der Waals surface area contributed by atoms with Crippen molar-refractivity contribution in [1.29, 1.82) is 0 Å². The van der Waals surface area contributed by atoms with Crippen molar-refractivity contribution in [2.45, 2.75) is 56.5 Å². The molecular formula is C44H46N10O5. The molecule has 15 heteroatoms. The number of hydrogen-bond acceptors (Lipinski definition) is 12. The molecule has 10 rings (SSSR count). The van der Waals surface area contributed by atoms with E-state index in [1.54, 1.807) is 12.1 Å². The van der Waals surface area contributed by atoms with Gasteiger partial charge in [0.15, 0.2) is 5.82 Å². The first-order valence-corrected chi connectivity index (χ1v) is 20.7. The zero-order valence-electron chi connectivity index (χ0n) is 32.7. The average molecular weight is 795 g/mol. The minimum Gasteiger partial charge on any atom is -0.457 e. The lowest BCUT2D eigenvalue weighted by atomic mass is 9.84. The summed E-state index contributed by atoms with van der Waals surface area (Å²) in [4.78, 5) is 69.1. The number of para-hydroxylation sites is 1. The van der Waals surface area contributed by atoms with Crippen molar-refractivity contribution in [3.8, 4) is 22.8 Å². The first kappa shape index (κ1) is 37.1. The van der Waals surface area contributed by atoms with Gasteiger partial charge in [0.2, 0.25) is 11.8 Å². The third kappa shape index (κ3) is 6.87. The SMILES string of the molecule is Nc1ncnn2c(C3CCC(N4CCN(CC5CN(c6cccc7c6C(=O)N(C6CCC(=O)NC6=O)C7=O)C5)CC4)CC3)nc(-c3ccc(Oc4ccccc4)cc3)c12. The Morgan fingerprint density at radius 1 is 0.797 bits per heavy atom. The van der Waals surface area contributed by atoms with Crippen LogP contribution < -0.4 is 20.7 Å². The third-order valence-electron chi connectivity index (χ3n) is 12.8. The highest BCUT2D eigenvalue weighted by molar-refractivity contribution is 6.25. The first-order chi connectivity index (χ1) is 28.8. The number of nitrogens with one attached hydrogen (secondary N) is 1. The zero-order chi connectivity index (χ0) is 40.2. The van der Waals surface area contributed by atoms with Crippen molar-refractivity contribution in [3.05, 3.63) is 96.1 Å². The molecule has 1 atom stereocenters. The molecule has 3 N–H and O–H groups in total. The molecule has 1 aliphatic carbocycles. The number of ether oxygens (including phenoxy) is 1. The Kier molecular flexibility index (Phi) is 9.56. The number of aromatic nitrogens is 4. The van der Waals surface area contributed by atoms with Crippen molar-refractivity contribution in [1.82, 2.24) is 39.6 Å². The smallest absolute Gasteiger partial charge is 0.264 e. The summed E-state index contributed by atoms with van der Waals surface area (Å²) in [5.41, 5.74) is 10.3. The molecule has 2 aromatic heterocycles. The Morgan fingerprint density at radius 3 is 2.29 bits per heavy atom. The first-order valence-electron chi connectivity index (χ1n) is 20.7. The Hall–Kier alpha value is -6.19. The lowest BCUT2D eigenvalue weighted by Crippen LogP contribution is -2.56. The van der Waals surface area contributed by atoms with E-state index in [0.29, 0.717) is 28.9 Å². The van der Waals surface area contributed by atoms with Gasteiger partial charge in [0, 0.05) is 75.7 Å². The Bertz CT molecular complexity index is 2430. The molecule has 0 spiro atoms. The van der Waals surface area contributed by atoms with E-state index in [1.807, 2.05) is 65.2 Å². The monoisotopic (exact) mass is 794 g/mol. The maximum atomic E-state index is 13.6. The van der Waals surface area contributed by atoms with E-state index >= 15 is 0 Å². The van der Waals surface area contributed by atoms with Crippen LogP contribution in [0, 0.1) is 5.92 Å². The summed E-state index contributed by atoms with van der Waals surface area (Å²) in [6.07, 6.45) is 6.00. The number of imide groups is 2. The number of amides is 4. The molecule has 59 heavy (non-hydrogen) atoms. The number of anilines is 2. The molecule has 0 radical (unpaired) electrons. The van der Waals surface area contributed by atoms with Gasteiger partial charge in [-0.3, -0.25) is 34.3 Å². The number of benzene rings is 3. The van der Waals surface area contributed by atoms with Crippen LogP contribution in [0.1, 0.15) is 71.0 Å². The van der Waals surface area contributed by atoms with Gasteiger partial charge >= 0.3 is 0 Å². The zero-order valence-corrected chi connectivity index (χ0v) is 32.7. The second kappa shape index (κ2) is 15.2. The van der Waals surface area contributed by atoms with Gasteiger partial charge in [-0.25, -0.2) is 14.5 Å². The highest BCUT2D eigenvalue weighted by atomic mass is 16.5. The fourth-order valence-electron chi connectivity index (χ4n) is 9.77. The molecule has 4 aliphatic heterocycles. The van der Waals surface area contributed by atoms with Crippen molar-refractivity contribution in [2.24, 2.45) is 5.92 Å². The van der Waals surface area contributed by atoms with Gasteiger partial charge in [-0.2, -0.15) is 5.10 Å². The minimum absolute atomic E-state index is 0.0982. The molecule has 6 heterocycles. The van der Waals surface area contributed by atoms with Crippen molar-refractivity contribution in [3.63, 3.8) is 0 Å². The van der Waals surface area contributed by atoms with Gasteiger partial charge in [-0.1, -0.05) is 24.3 Å². The summed E-state index contributed by atoms with van der Waals surface area (Å²) in [7, 11) is 0. The van der Waals surface area contributed by atoms with Crippen molar-refractivity contribution < 1.29 is 23.9 Å². The normalized spacial score (nSPS) is 23.1.